The third-order valence-corrected chi connectivity index (χ3v) is 5.93. The second kappa shape index (κ2) is 8.21. The number of thiophene rings is 1. The van der Waals surface area contributed by atoms with Crippen molar-refractivity contribution in [2.45, 2.75) is 27.3 Å². The standard InChI is InChI=1S/C22H24FN5S/c1-4-24-16-10-20(29-12-16)19-11-21(27-13-26-19)25-7-8-28-15(3)9-17-14(2)5-6-18(23)22(17)28/h5-6,9-13,24H,4,7-8H2,1-3H3,(H,25,26,27). The summed E-state index contributed by atoms with van der Waals surface area (Å²) in [6, 6.07) is 9.47. The Kier molecular flexibility index (Phi) is 5.49. The van der Waals surface area contributed by atoms with E-state index in [2.05, 4.69) is 45.0 Å². The van der Waals surface area contributed by atoms with Crippen molar-refractivity contribution in [2.24, 2.45) is 0 Å². The van der Waals surface area contributed by atoms with Crippen LogP contribution < -0.4 is 10.6 Å². The molecule has 3 heterocycles. The average Bonchev–Trinajstić information content (AvgIpc) is 3.31. The van der Waals surface area contributed by atoms with Crippen LogP contribution in [-0.2, 0) is 6.54 Å². The fourth-order valence-electron chi connectivity index (χ4n) is 3.54. The fourth-order valence-corrected chi connectivity index (χ4v) is 4.37. The maximum absolute atomic E-state index is 14.4. The van der Waals surface area contributed by atoms with Gasteiger partial charge in [-0.15, -0.1) is 11.3 Å². The molecule has 0 amide bonds. The fraction of sp³-hybridized carbons (Fsp3) is 0.273. The van der Waals surface area contributed by atoms with E-state index in [1.54, 1.807) is 23.7 Å². The van der Waals surface area contributed by atoms with E-state index in [1.165, 1.54) is 0 Å². The third kappa shape index (κ3) is 3.96. The van der Waals surface area contributed by atoms with Crippen molar-refractivity contribution >= 4 is 33.7 Å². The Bertz CT molecular complexity index is 1150. The van der Waals surface area contributed by atoms with Gasteiger partial charge in [-0.05, 0) is 44.5 Å². The molecule has 0 unspecified atom stereocenters. The van der Waals surface area contributed by atoms with E-state index in [0.29, 0.717) is 18.6 Å². The van der Waals surface area contributed by atoms with E-state index in [4.69, 9.17) is 0 Å². The smallest absolute Gasteiger partial charge is 0.147 e. The molecule has 2 N–H and O–H groups in total. The van der Waals surface area contributed by atoms with Gasteiger partial charge >= 0.3 is 0 Å². The molecule has 0 aliphatic carbocycles. The van der Waals surface area contributed by atoms with Gasteiger partial charge in [0.25, 0.3) is 0 Å². The van der Waals surface area contributed by atoms with Gasteiger partial charge in [0.05, 0.1) is 16.1 Å². The molecule has 3 aromatic heterocycles. The van der Waals surface area contributed by atoms with Crippen LogP contribution in [0.25, 0.3) is 21.5 Å². The van der Waals surface area contributed by atoms with Crippen molar-refractivity contribution in [3.8, 4) is 10.6 Å². The highest BCUT2D eigenvalue weighted by Crippen LogP contribution is 2.29. The van der Waals surface area contributed by atoms with Crippen molar-refractivity contribution < 1.29 is 4.39 Å². The zero-order valence-corrected chi connectivity index (χ0v) is 17.6. The first-order chi connectivity index (χ1) is 14.1. The normalized spacial score (nSPS) is 11.2. The molecule has 0 fully saturated rings. The molecule has 0 atom stereocenters. The zero-order chi connectivity index (χ0) is 20.4. The zero-order valence-electron chi connectivity index (χ0n) is 16.8. The Morgan fingerprint density at radius 3 is 2.79 bits per heavy atom. The summed E-state index contributed by atoms with van der Waals surface area (Å²) in [7, 11) is 0. The number of aromatic nitrogens is 3. The topological polar surface area (TPSA) is 54.8 Å². The minimum atomic E-state index is -0.183. The molecule has 150 valence electrons. The summed E-state index contributed by atoms with van der Waals surface area (Å²) < 4.78 is 16.4. The van der Waals surface area contributed by atoms with E-state index in [9.17, 15) is 4.39 Å². The van der Waals surface area contributed by atoms with Crippen LogP contribution in [0, 0.1) is 19.7 Å². The van der Waals surface area contributed by atoms with Gasteiger partial charge in [-0.1, -0.05) is 6.07 Å². The number of hydrogen-bond acceptors (Lipinski definition) is 5. The second-order valence-corrected chi connectivity index (χ2v) is 7.92. The van der Waals surface area contributed by atoms with Crippen molar-refractivity contribution in [1.82, 2.24) is 14.5 Å². The average molecular weight is 410 g/mol. The number of nitrogens with zero attached hydrogens (tertiary/aromatic N) is 3. The first-order valence-corrected chi connectivity index (χ1v) is 10.6. The lowest BCUT2D eigenvalue weighted by Gasteiger charge is -2.11. The molecule has 0 saturated heterocycles. The maximum atomic E-state index is 14.4. The van der Waals surface area contributed by atoms with Crippen LogP contribution in [0.3, 0.4) is 0 Å². The lowest BCUT2D eigenvalue weighted by molar-refractivity contribution is 0.621. The van der Waals surface area contributed by atoms with Gasteiger partial charge in [-0.3, -0.25) is 0 Å². The summed E-state index contributed by atoms with van der Waals surface area (Å²) in [5.74, 6) is 0.580. The summed E-state index contributed by atoms with van der Waals surface area (Å²) in [5.41, 5.74) is 4.80. The summed E-state index contributed by atoms with van der Waals surface area (Å²) >= 11 is 1.65. The quantitative estimate of drug-likeness (QED) is 0.426. The van der Waals surface area contributed by atoms with Crippen molar-refractivity contribution in [3.05, 3.63) is 59.1 Å². The van der Waals surface area contributed by atoms with Crippen LogP contribution in [-0.4, -0.2) is 27.6 Å². The van der Waals surface area contributed by atoms with E-state index < -0.39 is 0 Å². The molecule has 0 spiro atoms. The van der Waals surface area contributed by atoms with Crippen LogP contribution in [0.2, 0.25) is 0 Å². The summed E-state index contributed by atoms with van der Waals surface area (Å²) in [6.07, 6.45) is 1.57. The van der Waals surface area contributed by atoms with Crippen molar-refractivity contribution in [3.63, 3.8) is 0 Å². The summed E-state index contributed by atoms with van der Waals surface area (Å²) in [6.45, 7) is 8.28. The Balaban J connectivity index is 1.48. The number of fused-ring (bicyclic) bond motifs is 1. The summed E-state index contributed by atoms with van der Waals surface area (Å²) in [5, 5.41) is 9.72. The van der Waals surface area contributed by atoms with E-state index in [1.807, 2.05) is 30.5 Å². The molecule has 0 radical (unpaired) electrons. The minimum absolute atomic E-state index is 0.183. The Morgan fingerprint density at radius 1 is 1.10 bits per heavy atom. The Labute approximate surface area is 173 Å². The van der Waals surface area contributed by atoms with Gasteiger partial charge in [-0.2, -0.15) is 0 Å². The van der Waals surface area contributed by atoms with E-state index in [0.717, 1.165) is 45.3 Å². The van der Waals surface area contributed by atoms with Crippen molar-refractivity contribution in [2.75, 3.05) is 23.7 Å². The molecular weight excluding hydrogens is 385 g/mol. The number of rotatable bonds is 7. The Hall–Kier alpha value is -2.93. The number of nitrogens with one attached hydrogen (secondary N) is 2. The van der Waals surface area contributed by atoms with Gasteiger partial charge < -0.3 is 15.2 Å². The molecule has 0 saturated carbocycles. The molecular formula is C22H24FN5S. The van der Waals surface area contributed by atoms with Gasteiger partial charge in [-0.25, -0.2) is 14.4 Å². The molecule has 7 heteroatoms. The number of halogens is 1. The van der Waals surface area contributed by atoms with Crippen molar-refractivity contribution in [1.29, 1.82) is 0 Å². The monoisotopic (exact) mass is 409 g/mol. The highest BCUT2D eigenvalue weighted by Gasteiger charge is 2.12. The molecule has 0 aliphatic rings. The van der Waals surface area contributed by atoms with E-state index in [-0.39, 0.29) is 5.82 Å². The second-order valence-electron chi connectivity index (χ2n) is 7.01. The van der Waals surface area contributed by atoms with Crippen LogP contribution >= 0.6 is 11.3 Å². The Morgan fingerprint density at radius 2 is 1.97 bits per heavy atom. The van der Waals surface area contributed by atoms with Crippen LogP contribution in [0.1, 0.15) is 18.2 Å². The molecule has 4 aromatic rings. The number of hydrogen-bond donors (Lipinski definition) is 2. The number of aryl methyl sites for hydroxylation is 2. The van der Waals surface area contributed by atoms with Crippen LogP contribution in [0.4, 0.5) is 15.9 Å². The first kappa shape index (κ1) is 19.4. The molecule has 5 nitrogen and oxygen atoms in total. The predicted molar refractivity (Wildman–Crippen MR) is 119 cm³/mol. The van der Waals surface area contributed by atoms with Crippen LogP contribution in [0.5, 0.6) is 0 Å². The molecule has 4 rings (SSSR count). The molecule has 0 bridgehead atoms. The van der Waals surface area contributed by atoms with Crippen LogP contribution in [0.15, 0.2) is 42.0 Å². The molecule has 29 heavy (non-hydrogen) atoms. The minimum Gasteiger partial charge on any atom is -0.385 e. The molecule has 0 aliphatic heterocycles. The van der Waals surface area contributed by atoms with Gasteiger partial charge in [0.2, 0.25) is 0 Å². The maximum Gasteiger partial charge on any atom is 0.147 e. The third-order valence-electron chi connectivity index (χ3n) is 4.98. The van der Waals surface area contributed by atoms with Gasteiger partial charge in [0.15, 0.2) is 0 Å². The van der Waals surface area contributed by atoms with E-state index >= 15 is 0 Å². The predicted octanol–water partition coefficient (Wildman–Crippen LogP) is 5.46. The van der Waals surface area contributed by atoms with Gasteiger partial charge in [0.1, 0.15) is 18.0 Å². The molecule has 1 aromatic carbocycles. The SMILES string of the molecule is CCNc1csc(-c2cc(NCCn3c(C)cc4c(C)ccc(F)c43)ncn2)c1. The highest BCUT2D eigenvalue weighted by atomic mass is 32.1. The lowest BCUT2D eigenvalue weighted by Crippen LogP contribution is -2.12. The number of anilines is 2. The largest absolute Gasteiger partial charge is 0.385 e. The van der Waals surface area contributed by atoms with Gasteiger partial charge in [0, 0.05) is 47.8 Å². The first-order valence-electron chi connectivity index (χ1n) is 9.70. The summed E-state index contributed by atoms with van der Waals surface area (Å²) in [4.78, 5) is 9.81. The highest BCUT2D eigenvalue weighted by molar-refractivity contribution is 7.14. The lowest BCUT2D eigenvalue weighted by atomic mass is 10.1. The number of benzene rings is 1.